The van der Waals surface area contributed by atoms with Crippen LogP contribution in [0.3, 0.4) is 0 Å². The van der Waals surface area contributed by atoms with Crippen molar-refractivity contribution in [3.05, 3.63) is 126 Å². The molecule has 0 aliphatic heterocycles. The Hall–Kier alpha value is -2.54. The van der Waals surface area contributed by atoms with E-state index in [9.17, 15) is 0 Å². The zero-order valence-corrected chi connectivity index (χ0v) is 27.7. The van der Waals surface area contributed by atoms with E-state index in [2.05, 4.69) is 102 Å². The van der Waals surface area contributed by atoms with Crippen molar-refractivity contribution in [1.82, 2.24) is 0 Å². The molecule has 0 saturated heterocycles. The van der Waals surface area contributed by atoms with Gasteiger partial charge in [-0.2, -0.15) is 0 Å². The molecule has 0 radical (unpaired) electrons. The van der Waals surface area contributed by atoms with Crippen molar-refractivity contribution in [3.8, 4) is 0 Å². The Balaban J connectivity index is 0.000000243. The summed E-state index contributed by atoms with van der Waals surface area (Å²) >= 11 is 2.75. The van der Waals surface area contributed by atoms with Crippen LogP contribution in [0.1, 0.15) is 95.6 Å². The number of benzene rings is 4. The van der Waals surface area contributed by atoms with Crippen molar-refractivity contribution in [2.24, 2.45) is 0 Å². The largest absolute Gasteiger partial charge is 0.220 e. The molecule has 0 aromatic heterocycles. The summed E-state index contributed by atoms with van der Waals surface area (Å²) in [5, 5.41) is 11.2. The van der Waals surface area contributed by atoms with Crippen LogP contribution in [0.15, 0.2) is 130 Å². The maximum absolute atomic E-state index is 7.78. The van der Waals surface area contributed by atoms with Gasteiger partial charge in [0.15, 0.2) is 0 Å². The summed E-state index contributed by atoms with van der Waals surface area (Å²) in [4.78, 5) is 3.44. The second-order valence-corrected chi connectivity index (χ2v) is 12.4. The van der Waals surface area contributed by atoms with Crippen LogP contribution in [0.5, 0.6) is 0 Å². The van der Waals surface area contributed by atoms with Gasteiger partial charge in [-0.3, -0.25) is 0 Å². The predicted molar refractivity (Wildman–Crippen MR) is 185 cm³/mol. The van der Waals surface area contributed by atoms with Gasteiger partial charge >= 0.3 is 0 Å². The molecule has 4 aromatic carbocycles. The van der Waals surface area contributed by atoms with E-state index in [0.29, 0.717) is 0 Å². The fourth-order valence-electron chi connectivity index (χ4n) is 4.40. The van der Waals surface area contributed by atoms with E-state index in [1.807, 2.05) is 36.4 Å². The van der Waals surface area contributed by atoms with E-state index < -0.39 is 0 Å². The molecule has 0 aliphatic carbocycles. The number of hydrogen-bond donors (Lipinski definition) is 1. The Morgan fingerprint density at radius 1 is 0.465 bits per heavy atom. The lowest BCUT2D eigenvalue weighted by molar-refractivity contribution is -0.432. The molecular formula is C38H50O3S2. The first-order valence-corrected chi connectivity index (χ1v) is 17.4. The van der Waals surface area contributed by atoms with E-state index in [0.717, 1.165) is 23.4 Å². The Morgan fingerprint density at radius 2 is 0.860 bits per heavy atom. The van der Waals surface area contributed by atoms with Crippen LogP contribution >= 0.6 is 23.8 Å². The van der Waals surface area contributed by atoms with E-state index in [1.165, 1.54) is 91.5 Å². The lowest BCUT2D eigenvalue weighted by Crippen LogP contribution is -1.87. The fraction of sp³-hybridized carbons (Fsp3) is 0.368. The van der Waals surface area contributed by atoms with Crippen molar-refractivity contribution in [2.75, 3.05) is 0 Å². The summed E-state index contributed by atoms with van der Waals surface area (Å²) in [6.07, 6.45) is 16.9. The third-order valence-corrected chi connectivity index (χ3v) is 8.37. The number of rotatable bonds is 17. The van der Waals surface area contributed by atoms with Crippen LogP contribution in [0.4, 0.5) is 0 Å². The molecule has 4 rings (SSSR count). The highest BCUT2D eigenvalue weighted by Gasteiger charge is 1.99. The summed E-state index contributed by atoms with van der Waals surface area (Å²) in [6.45, 7) is 4.56. The minimum atomic E-state index is 0.872. The fourth-order valence-corrected chi connectivity index (χ4v) is 5.61. The van der Waals surface area contributed by atoms with Gasteiger partial charge in [-0.05, 0) is 53.9 Å². The zero-order valence-electron chi connectivity index (χ0n) is 26.0. The van der Waals surface area contributed by atoms with Crippen molar-refractivity contribution in [1.29, 1.82) is 0 Å². The van der Waals surface area contributed by atoms with Crippen molar-refractivity contribution in [3.63, 3.8) is 0 Å². The number of hydrogen-bond acceptors (Lipinski definition) is 5. The van der Waals surface area contributed by atoms with Crippen molar-refractivity contribution < 1.29 is 14.6 Å². The standard InChI is InChI=1S/C19H16S.C13H28.C6H6O3S/c1-3-7-16(8-4-1)15-17-11-13-19(14-12-17)20-18-9-5-2-6-10-18;1-3-5-7-9-11-13-12-10-8-6-4-2;7-8-9-10-6-4-2-1-3-5-6/h1-14H,15H2;3-13H2,1-2H3;1-5,7H. The van der Waals surface area contributed by atoms with Crippen LogP contribution < -0.4 is 0 Å². The van der Waals surface area contributed by atoms with Crippen LogP contribution in [0.2, 0.25) is 0 Å². The van der Waals surface area contributed by atoms with Crippen molar-refractivity contribution in [2.45, 2.75) is 106 Å². The van der Waals surface area contributed by atoms with Gasteiger partial charge < -0.3 is 0 Å². The number of unbranched alkanes of at least 4 members (excludes halogenated alkanes) is 10. The van der Waals surface area contributed by atoms with Gasteiger partial charge in [0.05, 0.1) is 12.0 Å². The first-order chi connectivity index (χ1) is 21.2. The molecule has 0 unspecified atom stereocenters. The Morgan fingerprint density at radius 3 is 1.33 bits per heavy atom. The second-order valence-electron chi connectivity index (χ2n) is 10.4. The topological polar surface area (TPSA) is 38.7 Å². The third-order valence-electron chi connectivity index (χ3n) is 6.76. The molecule has 43 heavy (non-hydrogen) atoms. The molecular weight excluding hydrogens is 569 g/mol. The van der Waals surface area contributed by atoms with Crippen LogP contribution in [-0.4, -0.2) is 5.26 Å². The van der Waals surface area contributed by atoms with Gasteiger partial charge in [0.2, 0.25) is 0 Å². The molecule has 0 spiro atoms. The average Bonchev–Trinajstić information content (AvgIpc) is 3.06. The minimum Gasteiger partial charge on any atom is -0.220 e. The predicted octanol–water partition coefficient (Wildman–Crippen LogP) is 12.9. The Bertz CT molecular complexity index is 1070. The highest BCUT2D eigenvalue weighted by atomic mass is 32.2. The highest BCUT2D eigenvalue weighted by molar-refractivity contribution is 7.99. The summed E-state index contributed by atoms with van der Waals surface area (Å²) in [7, 11) is 0. The lowest BCUT2D eigenvalue weighted by Gasteiger charge is -2.04. The first-order valence-electron chi connectivity index (χ1n) is 15.8. The second kappa shape index (κ2) is 25.9. The lowest BCUT2D eigenvalue weighted by atomic mass is 10.1. The molecule has 0 atom stereocenters. The average molecular weight is 619 g/mol. The highest BCUT2D eigenvalue weighted by Crippen LogP contribution is 2.27. The van der Waals surface area contributed by atoms with Crippen LogP contribution in [0, 0.1) is 0 Å². The molecule has 1 N–H and O–H groups in total. The molecule has 0 amide bonds. The Labute approximate surface area is 269 Å². The van der Waals surface area contributed by atoms with E-state index in [4.69, 9.17) is 5.26 Å². The van der Waals surface area contributed by atoms with Gasteiger partial charge in [-0.15, -0.1) is 4.33 Å². The summed E-state index contributed by atoms with van der Waals surface area (Å²) in [6, 6.07) is 39.2. The minimum absolute atomic E-state index is 0.872. The monoisotopic (exact) mass is 618 g/mol. The molecule has 0 saturated carbocycles. The van der Waals surface area contributed by atoms with Crippen molar-refractivity contribution >= 4 is 23.8 Å². The molecule has 0 fully saturated rings. The zero-order chi connectivity index (χ0) is 30.6. The van der Waals surface area contributed by atoms with E-state index in [-0.39, 0.29) is 0 Å². The molecule has 4 aromatic rings. The summed E-state index contributed by atoms with van der Waals surface area (Å²) in [5.41, 5.74) is 2.71. The van der Waals surface area contributed by atoms with Gasteiger partial charge in [-0.25, -0.2) is 5.26 Å². The van der Waals surface area contributed by atoms with E-state index >= 15 is 0 Å². The quantitative estimate of drug-likeness (QED) is 0.0551. The van der Waals surface area contributed by atoms with Gasteiger partial charge in [0.1, 0.15) is 0 Å². The maximum Gasteiger partial charge on any atom is 0.0714 e. The van der Waals surface area contributed by atoms with E-state index in [1.54, 1.807) is 11.8 Å². The maximum atomic E-state index is 7.78. The van der Waals surface area contributed by atoms with Crippen LogP contribution in [-0.2, 0) is 15.8 Å². The molecule has 0 aliphatic rings. The molecule has 3 nitrogen and oxygen atoms in total. The molecule has 5 heteroatoms. The first kappa shape index (κ1) is 36.7. The van der Waals surface area contributed by atoms with Gasteiger partial charge in [0, 0.05) is 14.7 Å². The van der Waals surface area contributed by atoms with Gasteiger partial charge in [-0.1, -0.05) is 180 Å². The summed E-state index contributed by atoms with van der Waals surface area (Å²) < 4.78 is 4.19. The molecule has 232 valence electrons. The summed E-state index contributed by atoms with van der Waals surface area (Å²) in [5.74, 6) is 0. The third kappa shape index (κ3) is 19.4. The molecule has 0 bridgehead atoms. The smallest absolute Gasteiger partial charge is 0.0714 e. The Kier molecular flexibility index (Phi) is 22.1. The van der Waals surface area contributed by atoms with Crippen LogP contribution in [0.25, 0.3) is 0 Å². The normalized spacial score (nSPS) is 10.3. The van der Waals surface area contributed by atoms with Gasteiger partial charge in [0.25, 0.3) is 0 Å². The SMILES string of the molecule is CCCCCCCCCCCCC.OOOSc1ccccc1.c1ccc(Cc2ccc(Sc3ccccc3)cc2)cc1. The molecule has 0 heterocycles.